The van der Waals surface area contributed by atoms with Gasteiger partial charge >= 0.3 is 5.97 Å². The summed E-state index contributed by atoms with van der Waals surface area (Å²) in [5.41, 5.74) is 0.701. The standard InChI is InChI=1S/C14H13ClINO3/c1-8(4-5-12(18)19)20-14-11(16)7-10(15)9-3-2-6-17-13(9)14/h2-3,6-8H,4-5H2,1H3,(H,18,19). The Balaban J connectivity index is 2.32. The first-order valence-corrected chi connectivity index (χ1v) is 7.56. The summed E-state index contributed by atoms with van der Waals surface area (Å²) in [5, 5.41) is 10.2. The van der Waals surface area contributed by atoms with Crippen molar-refractivity contribution in [1.82, 2.24) is 4.98 Å². The van der Waals surface area contributed by atoms with Crippen molar-refractivity contribution in [2.24, 2.45) is 0 Å². The molecule has 0 amide bonds. The van der Waals surface area contributed by atoms with Crippen molar-refractivity contribution in [2.45, 2.75) is 25.9 Å². The highest BCUT2D eigenvalue weighted by atomic mass is 127. The van der Waals surface area contributed by atoms with Crippen molar-refractivity contribution in [1.29, 1.82) is 0 Å². The number of fused-ring (bicyclic) bond motifs is 1. The number of carboxylic acid groups (broad SMARTS) is 1. The smallest absolute Gasteiger partial charge is 0.303 e. The second-order valence-corrected chi connectivity index (χ2v) is 6.00. The van der Waals surface area contributed by atoms with Crippen molar-refractivity contribution in [3.05, 3.63) is 33.0 Å². The number of halogens is 2. The van der Waals surface area contributed by atoms with E-state index in [9.17, 15) is 4.79 Å². The molecule has 0 saturated carbocycles. The van der Waals surface area contributed by atoms with Crippen LogP contribution in [-0.2, 0) is 4.79 Å². The molecular formula is C14H13ClINO3. The van der Waals surface area contributed by atoms with Gasteiger partial charge in [0.25, 0.3) is 0 Å². The monoisotopic (exact) mass is 405 g/mol. The molecule has 0 spiro atoms. The van der Waals surface area contributed by atoms with E-state index in [-0.39, 0.29) is 12.5 Å². The summed E-state index contributed by atoms with van der Waals surface area (Å²) in [7, 11) is 0. The Morgan fingerprint density at radius 3 is 3.05 bits per heavy atom. The van der Waals surface area contributed by atoms with Gasteiger partial charge in [-0.25, -0.2) is 0 Å². The number of benzene rings is 1. The molecule has 0 bridgehead atoms. The first-order valence-electron chi connectivity index (χ1n) is 6.10. The summed E-state index contributed by atoms with van der Waals surface area (Å²) in [5.74, 6) is -0.169. The minimum Gasteiger partial charge on any atom is -0.487 e. The molecule has 1 aromatic carbocycles. The summed E-state index contributed by atoms with van der Waals surface area (Å²) < 4.78 is 6.73. The highest BCUT2D eigenvalue weighted by Crippen LogP contribution is 2.35. The number of aliphatic carboxylic acids is 1. The molecule has 0 aliphatic rings. The van der Waals surface area contributed by atoms with E-state index >= 15 is 0 Å². The molecule has 0 saturated heterocycles. The van der Waals surface area contributed by atoms with E-state index in [0.29, 0.717) is 22.7 Å². The largest absolute Gasteiger partial charge is 0.487 e. The molecule has 0 aliphatic carbocycles. The molecule has 1 heterocycles. The van der Waals surface area contributed by atoms with Crippen LogP contribution in [0.3, 0.4) is 0 Å². The van der Waals surface area contributed by atoms with Gasteiger partial charge in [0.05, 0.1) is 14.7 Å². The number of rotatable bonds is 5. The molecule has 0 radical (unpaired) electrons. The van der Waals surface area contributed by atoms with Crippen LogP contribution in [0.2, 0.25) is 5.02 Å². The third-order valence-electron chi connectivity index (χ3n) is 2.83. The fourth-order valence-electron chi connectivity index (χ4n) is 1.85. The molecule has 0 fully saturated rings. The number of carboxylic acids is 1. The molecule has 4 nitrogen and oxygen atoms in total. The molecule has 2 rings (SSSR count). The molecule has 2 aromatic rings. The van der Waals surface area contributed by atoms with E-state index in [2.05, 4.69) is 27.6 Å². The topological polar surface area (TPSA) is 59.4 Å². The van der Waals surface area contributed by atoms with Crippen LogP contribution in [0.5, 0.6) is 5.75 Å². The van der Waals surface area contributed by atoms with Crippen LogP contribution in [0.1, 0.15) is 19.8 Å². The number of carbonyl (C=O) groups is 1. The van der Waals surface area contributed by atoms with Crippen LogP contribution >= 0.6 is 34.2 Å². The van der Waals surface area contributed by atoms with Gasteiger partial charge in [0, 0.05) is 18.0 Å². The molecule has 20 heavy (non-hydrogen) atoms. The first kappa shape index (κ1) is 15.3. The average Bonchev–Trinajstić information content (AvgIpc) is 2.41. The highest BCUT2D eigenvalue weighted by Gasteiger charge is 2.15. The summed E-state index contributed by atoms with van der Waals surface area (Å²) in [6, 6.07) is 5.53. The lowest BCUT2D eigenvalue weighted by atomic mass is 10.2. The van der Waals surface area contributed by atoms with Gasteiger partial charge < -0.3 is 9.84 Å². The fraction of sp³-hybridized carbons (Fsp3) is 0.286. The average molecular weight is 406 g/mol. The van der Waals surface area contributed by atoms with Crippen LogP contribution in [0, 0.1) is 3.57 Å². The zero-order chi connectivity index (χ0) is 14.7. The third kappa shape index (κ3) is 3.52. The second kappa shape index (κ2) is 6.58. The maximum Gasteiger partial charge on any atom is 0.303 e. The minimum atomic E-state index is -0.825. The van der Waals surface area contributed by atoms with E-state index < -0.39 is 5.97 Å². The molecule has 1 N–H and O–H groups in total. The van der Waals surface area contributed by atoms with Gasteiger partial charge in [0.2, 0.25) is 0 Å². The van der Waals surface area contributed by atoms with Gasteiger partial charge in [0.15, 0.2) is 5.75 Å². The number of hydrogen-bond donors (Lipinski definition) is 1. The van der Waals surface area contributed by atoms with Crippen molar-refractivity contribution in [3.8, 4) is 5.75 Å². The zero-order valence-corrected chi connectivity index (χ0v) is 13.7. The Hall–Kier alpha value is -1.08. The van der Waals surface area contributed by atoms with Crippen molar-refractivity contribution < 1.29 is 14.6 Å². The molecule has 1 atom stereocenters. The minimum absolute atomic E-state index is 0.0801. The highest BCUT2D eigenvalue weighted by molar-refractivity contribution is 14.1. The number of aromatic nitrogens is 1. The van der Waals surface area contributed by atoms with Gasteiger partial charge in [0.1, 0.15) is 5.52 Å². The maximum absolute atomic E-state index is 10.6. The Bertz CT molecular complexity index is 648. The van der Waals surface area contributed by atoms with Crippen LogP contribution in [0.4, 0.5) is 0 Å². The lowest BCUT2D eigenvalue weighted by Gasteiger charge is -2.17. The summed E-state index contributed by atoms with van der Waals surface area (Å²) in [6.45, 7) is 1.85. The number of hydrogen-bond acceptors (Lipinski definition) is 3. The predicted molar refractivity (Wildman–Crippen MR) is 86.4 cm³/mol. The normalized spacial score (nSPS) is 12.3. The number of pyridine rings is 1. The Labute approximate surface area is 135 Å². The third-order valence-corrected chi connectivity index (χ3v) is 3.95. The molecule has 6 heteroatoms. The SMILES string of the molecule is CC(CCC(=O)O)Oc1c(I)cc(Cl)c2cccnc12. The van der Waals surface area contributed by atoms with E-state index in [4.69, 9.17) is 21.4 Å². The van der Waals surface area contributed by atoms with Gasteiger partial charge in [-0.15, -0.1) is 0 Å². The van der Waals surface area contributed by atoms with E-state index in [0.717, 1.165) is 8.96 Å². The van der Waals surface area contributed by atoms with Crippen molar-refractivity contribution in [2.75, 3.05) is 0 Å². The lowest BCUT2D eigenvalue weighted by molar-refractivity contribution is -0.137. The number of nitrogens with zero attached hydrogens (tertiary/aromatic N) is 1. The summed E-state index contributed by atoms with van der Waals surface area (Å²) in [4.78, 5) is 14.9. The fourth-order valence-corrected chi connectivity index (χ4v) is 2.99. The zero-order valence-electron chi connectivity index (χ0n) is 10.8. The molecule has 0 aliphatic heterocycles. The molecule has 1 unspecified atom stereocenters. The molecular weight excluding hydrogens is 393 g/mol. The Morgan fingerprint density at radius 1 is 1.60 bits per heavy atom. The van der Waals surface area contributed by atoms with E-state index in [1.165, 1.54) is 0 Å². The van der Waals surface area contributed by atoms with Crippen molar-refractivity contribution >= 4 is 51.1 Å². The first-order chi connectivity index (χ1) is 9.49. The van der Waals surface area contributed by atoms with Gasteiger partial charge in [-0.2, -0.15) is 0 Å². The van der Waals surface area contributed by atoms with Gasteiger partial charge in [-0.3, -0.25) is 9.78 Å². The summed E-state index contributed by atoms with van der Waals surface area (Å²) in [6.07, 6.45) is 2.01. The van der Waals surface area contributed by atoms with Crippen LogP contribution < -0.4 is 4.74 Å². The Morgan fingerprint density at radius 2 is 2.35 bits per heavy atom. The van der Waals surface area contributed by atoms with Gasteiger partial charge in [-0.05, 0) is 54.1 Å². The molecule has 106 valence electrons. The van der Waals surface area contributed by atoms with Gasteiger partial charge in [-0.1, -0.05) is 11.6 Å². The van der Waals surface area contributed by atoms with Crippen LogP contribution in [-0.4, -0.2) is 22.2 Å². The summed E-state index contributed by atoms with van der Waals surface area (Å²) >= 11 is 8.34. The lowest BCUT2D eigenvalue weighted by Crippen LogP contribution is -2.14. The molecule has 1 aromatic heterocycles. The number of ether oxygens (including phenoxy) is 1. The van der Waals surface area contributed by atoms with Crippen molar-refractivity contribution in [3.63, 3.8) is 0 Å². The van der Waals surface area contributed by atoms with E-state index in [1.807, 2.05) is 25.1 Å². The predicted octanol–water partition coefficient (Wildman–Crippen LogP) is 4.12. The Kier molecular flexibility index (Phi) is 5.04. The quantitative estimate of drug-likeness (QED) is 0.760. The maximum atomic E-state index is 10.6. The van der Waals surface area contributed by atoms with Crippen LogP contribution in [0.25, 0.3) is 10.9 Å². The van der Waals surface area contributed by atoms with Crippen LogP contribution in [0.15, 0.2) is 24.4 Å². The second-order valence-electron chi connectivity index (χ2n) is 4.43. The van der Waals surface area contributed by atoms with E-state index in [1.54, 1.807) is 6.20 Å².